The predicted molar refractivity (Wildman–Crippen MR) is 66.8 cm³/mol. The molecule has 4 heteroatoms. The van der Waals surface area contributed by atoms with Gasteiger partial charge in [0.05, 0.1) is 25.3 Å². The number of hydrogen-bond donors (Lipinski definition) is 1. The van der Waals surface area contributed by atoms with E-state index >= 15 is 0 Å². The zero-order valence-corrected chi connectivity index (χ0v) is 10.9. The molecule has 4 nitrogen and oxygen atoms in total. The SMILES string of the molecule is CCC1COCCN1C(=O)C1CC(C)CCN1. The Morgan fingerprint density at radius 2 is 2.35 bits per heavy atom. The monoisotopic (exact) mass is 240 g/mol. The molecule has 2 fully saturated rings. The second-order valence-corrected chi connectivity index (χ2v) is 5.30. The van der Waals surface area contributed by atoms with Crippen LogP contribution in [0.15, 0.2) is 0 Å². The molecule has 1 amide bonds. The van der Waals surface area contributed by atoms with Gasteiger partial charge in [0.25, 0.3) is 0 Å². The average molecular weight is 240 g/mol. The fourth-order valence-corrected chi connectivity index (χ4v) is 2.78. The van der Waals surface area contributed by atoms with E-state index in [1.54, 1.807) is 0 Å². The lowest BCUT2D eigenvalue weighted by Gasteiger charge is -2.39. The molecular weight excluding hydrogens is 216 g/mol. The van der Waals surface area contributed by atoms with Crippen molar-refractivity contribution in [2.45, 2.75) is 45.2 Å². The Morgan fingerprint density at radius 3 is 3.06 bits per heavy atom. The van der Waals surface area contributed by atoms with Gasteiger partial charge in [-0.05, 0) is 31.7 Å². The third kappa shape index (κ3) is 2.99. The maximum absolute atomic E-state index is 12.5. The van der Waals surface area contributed by atoms with Crippen LogP contribution < -0.4 is 5.32 Å². The highest BCUT2D eigenvalue weighted by Crippen LogP contribution is 2.19. The quantitative estimate of drug-likeness (QED) is 0.783. The van der Waals surface area contributed by atoms with Crippen molar-refractivity contribution in [2.24, 2.45) is 5.92 Å². The van der Waals surface area contributed by atoms with Crippen LogP contribution in [0.1, 0.15) is 33.1 Å². The lowest BCUT2D eigenvalue weighted by atomic mass is 9.93. The molecule has 2 aliphatic rings. The molecule has 0 bridgehead atoms. The number of carbonyl (C=O) groups excluding carboxylic acids is 1. The minimum absolute atomic E-state index is 0.0332. The highest BCUT2D eigenvalue weighted by atomic mass is 16.5. The van der Waals surface area contributed by atoms with Crippen molar-refractivity contribution >= 4 is 5.91 Å². The zero-order chi connectivity index (χ0) is 12.3. The summed E-state index contributed by atoms with van der Waals surface area (Å²) in [4.78, 5) is 14.5. The molecule has 3 unspecified atom stereocenters. The molecule has 0 aromatic rings. The topological polar surface area (TPSA) is 41.6 Å². The van der Waals surface area contributed by atoms with Gasteiger partial charge in [-0.15, -0.1) is 0 Å². The first-order chi connectivity index (χ1) is 8.22. The largest absolute Gasteiger partial charge is 0.377 e. The van der Waals surface area contributed by atoms with Crippen LogP contribution in [0, 0.1) is 5.92 Å². The van der Waals surface area contributed by atoms with Crippen LogP contribution in [0.5, 0.6) is 0 Å². The molecule has 3 atom stereocenters. The van der Waals surface area contributed by atoms with Gasteiger partial charge in [-0.3, -0.25) is 4.79 Å². The van der Waals surface area contributed by atoms with Crippen LogP contribution in [0.2, 0.25) is 0 Å². The van der Waals surface area contributed by atoms with Gasteiger partial charge in [-0.25, -0.2) is 0 Å². The lowest BCUT2D eigenvalue weighted by molar-refractivity contribution is -0.143. The summed E-state index contributed by atoms with van der Waals surface area (Å²) in [7, 11) is 0. The van der Waals surface area contributed by atoms with Crippen LogP contribution in [-0.4, -0.2) is 49.2 Å². The Labute approximate surface area is 104 Å². The second kappa shape index (κ2) is 5.83. The van der Waals surface area contributed by atoms with E-state index in [4.69, 9.17) is 4.74 Å². The predicted octanol–water partition coefficient (Wildman–Crippen LogP) is 1.01. The van der Waals surface area contributed by atoms with E-state index in [1.165, 1.54) is 6.42 Å². The van der Waals surface area contributed by atoms with Crippen LogP contribution in [0.4, 0.5) is 0 Å². The molecule has 17 heavy (non-hydrogen) atoms. The number of rotatable bonds is 2. The van der Waals surface area contributed by atoms with E-state index in [2.05, 4.69) is 19.2 Å². The first-order valence-electron chi connectivity index (χ1n) is 6.84. The van der Waals surface area contributed by atoms with E-state index in [0.29, 0.717) is 19.1 Å². The molecule has 0 radical (unpaired) electrons. The van der Waals surface area contributed by atoms with Crippen LogP contribution in [0.3, 0.4) is 0 Å². The second-order valence-electron chi connectivity index (χ2n) is 5.30. The van der Waals surface area contributed by atoms with Crippen LogP contribution in [0.25, 0.3) is 0 Å². The van der Waals surface area contributed by atoms with Crippen LogP contribution >= 0.6 is 0 Å². The van der Waals surface area contributed by atoms with Gasteiger partial charge in [0.2, 0.25) is 5.91 Å². The Morgan fingerprint density at radius 1 is 1.53 bits per heavy atom. The van der Waals surface area contributed by atoms with Gasteiger partial charge >= 0.3 is 0 Å². The summed E-state index contributed by atoms with van der Waals surface area (Å²) in [5.41, 5.74) is 0. The number of amides is 1. The van der Waals surface area contributed by atoms with Gasteiger partial charge in [-0.2, -0.15) is 0 Å². The molecule has 0 aromatic carbocycles. The summed E-state index contributed by atoms with van der Waals surface area (Å²) in [5.74, 6) is 0.943. The first kappa shape index (κ1) is 12.8. The summed E-state index contributed by atoms with van der Waals surface area (Å²) >= 11 is 0. The van der Waals surface area contributed by atoms with Crippen molar-refractivity contribution in [1.29, 1.82) is 0 Å². The fourth-order valence-electron chi connectivity index (χ4n) is 2.78. The number of hydrogen-bond acceptors (Lipinski definition) is 3. The maximum atomic E-state index is 12.5. The molecule has 2 aliphatic heterocycles. The Balaban J connectivity index is 1.97. The zero-order valence-electron chi connectivity index (χ0n) is 10.9. The molecule has 0 aromatic heterocycles. The molecule has 2 heterocycles. The van der Waals surface area contributed by atoms with E-state index < -0.39 is 0 Å². The summed E-state index contributed by atoms with van der Waals surface area (Å²) in [5, 5.41) is 3.36. The van der Waals surface area contributed by atoms with Crippen molar-refractivity contribution in [1.82, 2.24) is 10.2 Å². The number of piperidine rings is 1. The molecule has 2 saturated heterocycles. The highest BCUT2D eigenvalue weighted by molar-refractivity contribution is 5.82. The number of nitrogens with zero attached hydrogens (tertiary/aromatic N) is 1. The Kier molecular flexibility index (Phi) is 4.40. The van der Waals surface area contributed by atoms with Crippen molar-refractivity contribution in [3.63, 3.8) is 0 Å². The first-order valence-corrected chi connectivity index (χ1v) is 6.84. The molecule has 98 valence electrons. The van der Waals surface area contributed by atoms with Crippen molar-refractivity contribution in [2.75, 3.05) is 26.3 Å². The summed E-state index contributed by atoms with van der Waals surface area (Å²) in [6, 6.07) is 0.307. The van der Waals surface area contributed by atoms with Crippen molar-refractivity contribution in [3.05, 3.63) is 0 Å². The standard InChI is InChI=1S/C13H24N2O2/c1-3-11-9-17-7-6-15(11)13(16)12-8-10(2)4-5-14-12/h10-12,14H,3-9H2,1-2H3. The third-order valence-electron chi connectivity index (χ3n) is 3.95. The van der Waals surface area contributed by atoms with Gasteiger partial charge in [0.15, 0.2) is 0 Å². The molecule has 1 N–H and O–H groups in total. The highest BCUT2D eigenvalue weighted by Gasteiger charge is 2.32. The van der Waals surface area contributed by atoms with Crippen molar-refractivity contribution in [3.8, 4) is 0 Å². The van der Waals surface area contributed by atoms with Gasteiger partial charge in [0.1, 0.15) is 0 Å². The number of ether oxygens (including phenoxy) is 1. The summed E-state index contributed by atoms with van der Waals surface area (Å²) in [6.45, 7) is 7.46. The van der Waals surface area contributed by atoms with E-state index in [-0.39, 0.29) is 18.0 Å². The smallest absolute Gasteiger partial charge is 0.240 e. The lowest BCUT2D eigenvalue weighted by Crippen LogP contribution is -2.56. The van der Waals surface area contributed by atoms with Gasteiger partial charge in [-0.1, -0.05) is 13.8 Å². The minimum Gasteiger partial charge on any atom is -0.377 e. The van der Waals surface area contributed by atoms with Crippen LogP contribution in [-0.2, 0) is 9.53 Å². The normalized spacial score (nSPS) is 34.7. The van der Waals surface area contributed by atoms with Gasteiger partial charge < -0.3 is 15.0 Å². The van der Waals surface area contributed by atoms with E-state index in [0.717, 1.165) is 25.9 Å². The maximum Gasteiger partial charge on any atom is 0.240 e. The van der Waals surface area contributed by atoms with Crippen molar-refractivity contribution < 1.29 is 9.53 Å². The van der Waals surface area contributed by atoms with E-state index in [9.17, 15) is 4.79 Å². The molecule has 0 spiro atoms. The number of morpholine rings is 1. The molecule has 2 rings (SSSR count). The number of carbonyl (C=O) groups is 1. The van der Waals surface area contributed by atoms with E-state index in [1.807, 2.05) is 4.90 Å². The van der Waals surface area contributed by atoms with Gasteiger partial charge in [0, 0.05) is 6.54 Å². The minimum atomic E-state index is 0.0332. The number of nitrogens with one attached hydrogen (secondary N) is 1. The molecule has 0 aliphatic carbocycles. The summed E-state index contributed by atoms with van der Waals surface area (Å²) < 4.78 is 5.45. The Bertz CT molecular complexity index is 270. The summed E-state index contributed by atoms with van der Waals surface area (Å²) in [6.07, 6.45) is 3.14. The third-order valence-corrected chi connectivity index (χ3v) is 3.95. The fraction of sp³-hybridized carbons (Fsp3) is 0.923. The Hall–Kier alpha value is -0.610. The molecule has 0 saturated carbocycles. The molecular formula is C13H24N2O2. The average Bonchev–Trinajstić information content (AvgIpc) is 2.38.